The molecule has 0 aliphatic carbocycles. The van der Waals surface area contributed by atoms with Crippen molar-refractivity contribution in [3.8, 4) is 0 Å². The molecule has 0 aromatic heterocycles. The second-order valence-corrected chi connectivity index (χ2v) is 2.97. The van der Waals surface area contributed by atoms with Gasteiger partial charge in [0.05, 0.1) is 19.3 Å². The number of ether oxygens (including phenoxy) is 1. The van der Waals surface area contributed by atoms with Gasteiger partial charge in [-0.05, 0) is 6.42 Å². The van der Waals surface area contributed by atoms with Crippen LogP contribution in [0.2, 0.25) is 0 Å². The summed E-state index contributed by atoms with van der Waals surface area (Å²) in [6.07, 6.45) is 1.01. The minimum absolute atomic E-state index is 0.0522. The summed E-state index contributed by atoms with van der Waals surface area (Å²) in [6.45, 7) is 3.45. The Kier molecular flexibility index (Phi) is 3.49. The van der Waals surface area contributed by atoms with Gasteiger partial charge in [-0.3, -0.25) is 4.79 Å². The van der Waals surface area contributed by atoms with E-state index < -0.39 is 0 Å². The summed E-state index contributed by atoms with van der Waals surface area (Å²) in [7, 11) is 0. The van der Waals surface area contributed by atoms with E-state index in [-0.39, 0.29) is 18.6 Å². The van der Waals surface area contributed by atoms with Gasteiger partial charge in [0.2, 0.25) is 5.91 Å². The Morgan fingerprint density at radius 2 is 2.50 bits per heavy atom. The maximum Gasteiger partial charge on any atom is 0.219 e. The van der Waals surface area contributed by atoms with E-state index >= 15 is 0 Å². The van der Waals surface area contributed by atoms with E-state index in [1.807, 2.05) is 0 Å². The molecule has 1 heterocycles. The summed E-state index contributed by atoms with van der Waals surface area (Å²) < 4.78 is 5.29. The first-order chi connectivity index (χ1) is 5.74. The van der Waals surface area contributed by atoms with Crippen molar-refractivity contribution in [2.45, 2.75) is 19.4 Å². The van der Waals surface area contributed by atoms with Gasteiger partial charge in [0.15, 0.2) is 0 Å². The second-order valence-electron chi connectivity index (χ2n) is 2.97. The molecule has 0 spiro atoms. The fourth-order valence-electron chi connectivity index (χ4n) is 1.37. The number of hydrogen-bond acceptors (Lipinski definition) is 3. The fraction of sp³-hybridized carbons (Fsp3) is 0.875. The number of carbonyl (C=O) groups is 1. The Hall–Kier alpha value is -0.610. The lowest BCUT2D eigenvalue weighted by Gasteiger charge is -2.13. The minimum atomic E-state index is 0.0522. The van der Waals surface area contributed by atoms with Crippen LogP contribution in [0.5, 0.6) is 0 Å². The first-order valence-electron chi connectivity index (χ1n) is 4.22. The van der Waals surface area contributed by atoms with Crippen LogP contribution in [0.4, 0.5) is 0 Å². The highest BCUT2D eigenvalue weighted by atomic mass is 16.5. The summed E-state index contributed by atoms with van der Waals surface area (Å²) in [5.74, 6) is 0.102. The Morgan fingerprint density at radius 3 is 3.00 bits per heavy atom. The maximum absolute atomic E-state index is 10.9. The van der Waals surface area contributed by atoms with Gasteiger partial charge in [0.25, 0.3) is 0 Å². The van der Waals surface area contributed by atoms with E-state index in [2.05, 4.69) is 0 Å². The zero-order valence-electron chi connectivity index (χ0n) is 7.32. The molecule has 1 aliphatic heterocycles. The molecule has 1 rings (SSSR count). The SMILES string of the molecule is CC(=O)N1CCC(OCCO)C1. The number of likely N-dealkylation sites (tertiary alicyclic amines) is 1. The minimum Gasteiger partial charge on any atom is -0.394 e. The Balaban J connectivity index is 2.21. The molecule has 0 saturated carbocycles. The molecule has 0 bridgehead atoms. The van der Waals surface area contributed by atoms with Crippen LogP contribution in [-0.4, -0.2) is 48.3 Å². The number of nitrogens with zero attached hydrogens (tertiary/aromatic N) is 1. The van der Waals surface area contributed by atoms with Crippen LogP contribution in [0, 0.1) is 0 Å². The van der Waals surface area contributed by atoms with Crippen LogP contribution in [-0.2, 0) is 9.53 Å². The molecule has 1 N–H and O–H groups in total. The Labute approximate surface area is 72.1 Å². The molecule has 0 aromatic rings. The van der Waals surface area contributed by atoms with Crippen molar-refractivity contribution in [3.63, 3.8) is 0 Å². The van der Waals surface area contributed by atoms with Crippen LogP contribution < -0.4 is 0 Å². The first-order valence-corrected chi connectivity index (χ1v) is 4.22. The van der Waals surface area contributed by atoms with Gasteiger partial charge in [-0.25, -0.2) is 0 Å². The quantitative estimate of drug-likeness (QED) is 0.632. The number of carbonyl (C=O) groups excluding carboxylic acids is 1. The molecule has 70 valence electrons. The summed E-state index contributed by atoms with van der Waals surface area (Å²) in [5, 5.41) is 8.50. The monoisotopic (exact) mass is 173 g/mol. The summed E-state index contributed by atoms with van der Waals surface area (Å²) in [4.78, 5) is 12.7. The average Bonchev–Trinajstić information content (AvgIpc) is 2.48. The maximum atomic E-state index is 10.9. The van der Waals surface area contributed by atoms with Gasteiger partial charge >= 0.3 is 0 Å². The first kappa shape index (κ1) is 9.48. The number of amides is 1. The lowest BCUT2D eigenvalue weighted by atomic mass is 10.3. The average molecular weight is 173 g/mol. The van der Waals surface area contributed by atoms with Crippen LogP contribution >= 0.6 is 0 Å². The number of hydrogen-bond donors (Lipinski definition) is 1. The molecule has 1 amide bonds. The van der Waals surface area contributed by atoms with Crippen molar-refractivity contribution >= 4 is 5.91 Å². The van der Waals surface area contributed by atoms with Crippen molar-refractivity contribution in [1.29, 1.82) is 0 Å². The van der Waals surface area contributed by atoms with Crippen molar-refractivity contribution in [1.82, 2.24) is 4.90 Å². The second kappa shape index (κ2) is 4.42. The van der Waals surface area contributed by atoms with E-state index in [9.17, 15) is 4.79 Å². The molecule has 1 unspecified atom stereocenters. The Morgan fingerprint density at radius 1 is 1.75 bits per heavy atom. The number of aliphatic hydroxyl groups is 1. The fourth-order valence-corrected chi connectivity index (χ4v) is 1.37. The largest absolute Gasteiger partial charge is 0.394 e. The van der Waals surface area contributed by atoms with E-state index in [1.165, 1.54) is 0 Å². The van der Waals surface area contributed by atoms with Crippen molar-refractivity contribution in [2.75, 3.05) is 26.3 Å². The molecule has 1 atom stereocenters. The third-order valence-corrected chi connectivity index (χ3v) is 2.04. The highest BCUT2D eigenvalue weighted by molar-refractivity contribution is 5.73. The van der Waals surface area contributed by atoms with Crippen LogP contribution in [0.3, 0.4) is 0 Å². The van der Waals surface area contributed by atoms with Crippen molar-refractivity contribution < 1.29 is 14.6 Å². The third kappa shape index (κ3) is 2.46. The number of rotatable bonds is 3. The van der Waals surface area contributed by atoms with E-state index in [0.717, 1.165) is 13.0 Å². The van der Waals surface area contributed by atoms with Gasteiger partial charge in [0.1, 0.15) is 0 Å². The van der Waals surface area contributed by atoms with Crippen molar-refractivity contribution in [2.24, 2.45) is 0 Å². The lowest BCUT2D eigenvalue weighted by Crippen LogP contribution is -2.28. The predicted octanol–water partition coefficient (Wildman–Crippen LogP) is -0.384. The Bertz CT molecular complexity index is 160. The number of aliphatic hydroxyl groups excluding tert-OH is 1. The lowest BCUT2D eigenvalue weighted by molar-refractivity contribution is -0.128. The van der Waals surface area contributed by atoms with E-state index in [0.29, 0.717) is 13.2 Å². The van der Waals surface area contributed by atoms with Gasteiger partial charge in [-0.2, -0.15) is 0 Å². The van der Waals surface area contributed by atoms with Crippen molar-refractivity contribution in [3.05, 3.63) is 0 Å². The standard InChI is InChI=1S/C8H15NO3/c1-7(11)9-3-2-8(6-9)12-5-4-10/h8,10H,2-6H2,1H3. The summed E-state index contributed by atoms with van der Waals surface area (Å²) in [5.41, 5.74) is 0. The van der Waals surface area contributed by atoms with Gasteiger partial charge in [0, 0.05) is 20.0 Å². The molecule has 1 saturated heterocycles. The predicted molar refractivity (Wildman–Crippen MR) is 43.7 cm³/mol. The van der Waals surface area contributed by atoms with Gasteiger partial charge in [-0.1, -0.05) is 0 Å². The van der Waals surface area contributed by atoms with Crippen LogP contribution in [0.1, 0.15) is 13.3 Å². The topological polar surface area (TPSA) is 49.8 Å². The van der Waals surface area contributed by atoms with E-state index in [1.54, 1.807) is 11.8 Å². The third-order valence-electron chi connectivity index (χ3n) is 2.04. The molecular formula is C8H15NO3. The molecule has 0 radical (unpaired) electrons. The summed E-state index contributed by atoms with van der Waals surface area (Å²) in [6, 6.07) is 0. The van der Waals surface area contributed by atoms with Gasteiger partial charge in [-0.15, -0.1) is 0 Å². The van der Waals surface area contributed by atoms with Crippen LogP contribution in [0.25, 0.3) is 0 Å². The smallest absolute Gasteiger partial charge is 0.219 e. The molecule has 0 aromatic carbocycles. The highest BCUT2D eigenvalue weighted by Crippen LogP contribution is 2.11. The molecule has 1 fully saturated rings. The molecule has 12 heavy (non-hydrogen) atoms. The molecule has 4 heteroatoms. The highest BCUT2D eigenvalue weighted by Gasteiger charge is 2.24. The molecule has 4 nitrogen and oxygen atoms in total. The zero-order valence-corrected chi connectivity index (χ0v) is 7.32. The molecule has 1 aliphatic rings. The van der Waals surface area contributed by atoms with Gasteiger partial charge < -0.3 is 14.7 Å². The van der Waals surface area contributed by atoms with Crippen LogP contribution in [0.15, 0.2) is 0 Å². The van der Waals surface area contributed by atoms with E-state index in [4.69, 9.17) is 9.84 Å². The molecular weight excluding hydrogens is 158 g/mol. The summed E-state index contributed by atoms with van der Waals surface area (Å²) >= 11 is 0. The zero-order chi connectivity index (χ0) is 8.97. The normalized spacial score (nSPS) is 23.2.